The van der Waals surface area contributed by atoms with Crippen LogP contribution in [0.5, 0.6) is 5.75 Å². The summed E-state index contributed by atoms with van der Waals surface area (Å²) in [5.41, 5.74) is 11.3. The van der Waals surface area contributed by atoms with Gasteiger partial charge < -0.3 is 25.2 Å². The molecule has 68 heavy (non-hydrogen) atoms. The summed E-state index contributed by atoms with van der Waals surface area (Å²) in [4.78, 5) is 56.3. The Balaban J connectivity index is 0.000000201. The summed E-state index contributed by atoms with van der Waals surface area (Å²) >= 11 is 15.7. The van der Waals surface area contributed by atoms with Crippen LogP contribution < -0.4 is 15.6 Å². The third-order valence-electron chi connectivity index (χ3n) is 11.1. The van der Waals surface area contributed by atoms with Crippen molar-refractivity contribution in [2.24, 2.45) is 0 Å². The molecule has 8 nitrogen and oxygen atoms in total. The predicted octanol–water partition coefficient (Wildman–Crippen LogP) is 13.1. The maximum absolute atomic E-state index is 12.4. The number of carboxylic acid groups (broad SMARTS) is 1. The number of methoxy groups -OCH3 is 1. The van der Waals surface area contributed by atoms with Crippen molar-refractivity contribution in [3.63, 3.8) is 0 Å². The molecule has 1 fully saturated rings. The number of ketones is 4. The first-order chi connectivity index (χ1) is 32.5. The average molecular weight is 1060 g/mol. The van der Waals surface area contributed by atoms with E-state index in [-0.39, 0.29) is 35.4 Å². The molecule has 1 saturated heterocycles. The summed E-state index contributed by atoms with van der Waals surface area (Å²) < 4.78 is 6.05. The molecule has 2 N–H and O–H groups in total. The second-order valence-corrected chi connectivity index (χ2v) is 20.9. The number of para-hydroxylation sites is 1. The van der Waals surface area contributed by atoms with Gasteiger partial charge in [0.2, 0.25) is 0 Å². The first-order valence-corrected chi connectivity index (χ1v) is 26.1. The molecule has 358 valence electrons. The zero-order chi connectivity index (χ0) is 49.8. The highest BCUT2D eigenvalue weighted by molar-refractivity contribution is 9.10. The Morgan fingerprint density at radius 3 is 2.00 bits per heavy atom. The molecular formula is C55H57BrCl2NO7S2-. The third kappa shape index (κ3) is 18.2. The van der Waals surface area contributed by atoms with Gasteiger partial charge in [-0.3, -0.25) is 14.4 Å². The van der Waals surface area contributed by atoms with Crippen LogP contribution in [0.2, 0.25) is 10.0 Å². The Morgan fingerprint density at radius 1 is 0.765 bits per heavy atom. The summed E-state index contributed by atoms with van der Waals surface area (Å²) in [5, 5.41) is 15.1. The van der Waals surface area contributed by atoms with Gasteiger partial charge in [0.25, 0.3) is 0 Å². The number of halogens is 3. The molecule has 0 saturated carbocycles. The SMILES string of the molecule is CC(=O)CCCC[C@@H]1CCSS1.CC(=O)Cc1ccccc1Cc1c(Cl)cccc1Cl.COc1ccc2cc([C@H](C)C(C)=O)ccc2c1.Nc1c(CC(=O)[O-])cccc1C(=O)c1ccc(Br)cc1. The minimum Gasteiger partial charge on any atom is -0.550 e. The van der Waals surface area contributed by atoms with Crippen molar-refractivity contribution in [2.75, 3.05) is 18.6 Å². The molecule has 2 atom stereocenters. The molecule has 6 aromatic carbocycles. The van der Waals surface area contributed by atoms with E-state index < -0.39 is 5.97 Å². The highest BCUT2D eigenvalue weighted by Gasteiger charge is 2.17. The van der Waals surface area contributed by atoms with Gasteiger partial charge in [-0.05, 0) is 133 Å². The molecule has 1 aliphatic rings. The number of hydrogen-bond acceptors (Lipinski definition) is 10. The fourth-order valence-electron chi connectivity index (χ4n) is 7.12. The lowest BCUT2D eigenvalue weighted by Crippen LogP contribution is -2.25. The second kappa shape index (κ2) is 28.6. The normalized spacial score (nSPS) is 13.1. The van der Waals surface area contributed by atoms with E-state index >= 15 is 0 Å². The molecule has 0 spiro atoms. The minimum absolute atomic E-state index is 0.0403. The van der Waals surface area contributed by atoms with E-state index in [9.17, 15) is 29.1 Å². The van der Waals surface area contributed by atoms with Crippen LogP contribution in [0.25, 0.3) is 10.8 Å². The first kappa shape index (κ1) is 55.7. The van der Waals surface area contributed by atoms with Crippen molar-refractivity contribution in [3.8, 4) is 5.75 Å². The van der Waals surface area contributed by atoms with Crippen molar-refractivity contribution in [1.29, 1.82) is 0 Å². The number of carbonyl (C=O) groups excluding carboxylic acids is 5. The number of unbranched alkanes of at least 4 members (excludes halogenated alkanes) is 1. The fourth-order valence-corrected chi connectivity index (χ4v) is 10.9. The number of hydrogen-bond donors (Lipinski definition) is 1. The molecule has 0 aliphatic carbocycles. The number of anilines is 1. The van der Waals surface area contributed by atoms with Crippen LogP contribution in [0.3, 0.4) is 0 Å². The highest BCUT2D eigenvalue weighted by Crippen LogP contribution is 2.40. The third-order valence-corrected chi connectivity index (χ3v) is 15.3. The van der Waals surface area contributed by atoms with Gasteiger partial charge in [0.15, 0.2) is 5.78 Å². The molecule has 0 radical (unpaired) electrons. The number of fused-ring (bicyclic) bond motifs is 1. The van der Waals surface area contributed by atoms with Crippen LogP contribution in [-0.4, -0.2) is 47.2 Å². The quantitative estimate of drug-likeness (QED) is 0.0430. The van der Waals surface area contributed by atoms with Crippen LogP contribution in [0, 0.1) is 0 Å². The number of nitrogen functional groups attached to an aromatic ring is 1. The van der Waals surface area contributed by atoms with Gasteiger partial charge in [0, 0.05) is 79.9 Å². The fraction of sp³-hybridized carbons (Fsp3) is 0.291. The summed E-state index contributed by atoms with van der Waals surface area (Å²) in [6.07, 6.45) is 6.56. The molecule has 7 rings (SSSR count). The summed E-state index contributed by atoms with van der Waals surface area (Å²) in [6.45, 7) is 6.84. The summed E-state index contributed by atoms with van der Waals surface area (Å²) in [6, 6.07) is 37.1. The van der Waals surface area contributed by atoms with E-state index in [2.05, 4.69) is 22.0 Å². The first-order valence-electron chi connectivity index (χ1n) is 22.2. The summed E-state index contributed by atoms with van der Waals surface area (Å²) in [7, 11) is 5.69. The molecular weight excluding hydrogens is 1000 g/mol. The van der Waals surface area contributed by atoms with Crippen LogP contribution in [0.4, 0.5) is 5.69 Å². The maximum Gasteiger partial charge on any atom is 0.195 e. The highest BCUT2D eigenvalue weighted by atomic mass is 79.9. The number of benzene rings is 6. The van der Waals surface area contributed by atoms with Gasteiger partial charge in [0.05, 0.1) is 7.11 Å². The van der Waals surface area contributed by atoms with Crippen LogP contribution in [0.1, 0.15) is 109 Å². The van der Waals surface area contributed by atoms with E-state index in [1.54, 1.807) is 70.3 Å². The number of rotatable bonds is 16. The Kier molecular flexibility index (Phi) is 23.4. The number of ether oxygens (including phenoxy) is 1. The van der Waals surface area contributed by atoms with Gasteiger partial charge in [-0.1, -0.05) is 141 Å². The van der Waals surface area contributed by atoms with Crippen LogP contribution >= 0.6 is 60.7 Å². The largest absolute Gasteiger partial charge is 0.550 e. The van der Waals surface area contributed by atoms with E-state index in [0.29, 0.717) is 45.4 Å². The number of carbonyl (C=O) groups is 5. The molecule has 13 heteroatoms. The number of carboxylic acids is 1. The van der Waals surface area contributed by atoms with Crippen molar-refractivity contribution in [1.82, 2.24) is 0 Å². The Hall–Kier alpha value is -4.91. The van der Waals surface area contributed by atoms with Crippen molar-refractivity contribution < 1.29 is 33.8 Å². The second-order valence-electron chi connectivity index (χ2n) is 16.4. The minimum atomic E-state index is -1.23. The van der Waals surface area contributed by atoms with E-state index in [0.717, 1.165) is 61.3 Å². The predicted molar refractivity (Wildman–Crippen MR) is 284 cm³/mol. The maximum atomic E-state index is 12.4. The zero-order valence-electron chi connectivity index (χ0n) is 39.0. The van der Waals surface area contributed by atoms with E-state index in [1.165, 1.54) is 25.0 Å². The average Bonchev–Trinajstić information content (AvgIpc) is 3.84. The summed E-state index contributed by atoms with van der Waals surface area (Å²) in [5.74, 6) is 1.34. The molecule has 0 unspecified atom stereocenters. The zero-order valence-corrected chi connectivity index (χ0v) is 43.7. The van der Waals surface area contributed by atoms with Crippen LogP contribution in [-0.2, 0) is 38.4 Å². The van der Waals surface area contributed by atoms with Gasteiger partial charge in [-0.2, -0.15) is 0 Å². The van der Waals surface area contributed by atoms with Crippen molar-refractivity contribution >= 4 is 106 Å². The van der Waals surface area contributed by atoms with Crippen LogP contribution in [0.15, 0.2) is 126 Å². The number of Topliss-reactive ketones (excluding diaryl/α,β-unsaturated/α-hetero) is 3. The Bertz CT molecular complexity index is 2650. The van der Waals surface area contributed by atoms with Crippen molar-refractivity contribution in [3.05, 3.63) is 175 Å². The standard InChI is InChI=1S/C16H14Cl2O.C15H12BrNO3.C15H16O2.C9H16OS2/c1-11(19)9-12-5-2-3-6-13(12)10-14-15(17)7-4-8-16(14)18;16-11-6-4-9(5-7-11)15(20)12-3-1-2-10(14(12)17)8-13(18)19;1-10(11(2)16)12-4-5-14-9-15(17-3)7-6-13(14)8-12;1-8(10)4-2-3-5-9-6-7-11-12-9/h2-8H,9-10H2,1H3;1-7H,8,17H2,(H,18,19);4-10H,1-3H3;9H,2-7H2,1H3/p-1/t;;10-;9-/m..11/s1. The lowest BCUT2D eigenvalue weighted by molar-refractivity contribution is -0.304. The molecule has 0 bridgehead atoms. The lowest BCUT2D eigenvalue weighted by atomic mass is 9.95. The number of nitrogens with two attached hydrogens (primary N) is 1. The topological polar surface area (TPSA) is 144 Å². The molecule has 1 heterocycles. The van der Waals surface area contributed by atoms with E-state index in [4.69, 9.17) is 33.7 Å². The lowest BCUT2D eigenvalue weighted by Gasteiger charge is -2.11. The van der Waals surface area contributed by atoms with Gasteiger partial charge in [0.1, 0.15) is 23.1 Å². The monoisotopic (exact) mass is 1060 g/mol. The van der Waals surface area contributed by atoms with E-state index in [1.807, 2.05) is 101 Å². The number of aliphatic carboxylic acids is 1. The van der Waals surface area contributed by atoms with Gasteiger partial charge >= 0.3 is 0 Å². The molecule has 6 aromatic rings. The Labute approximate surface area is 426 Å². The molecule has 0 aromatic heterocycles. The van der Waals surface area contributed by atoms with Gasteiger partial charge in [-0.15, -0.1) is 0 Å². The van der Waals surface area contributed by atoms with Gasteiger partial charge in [-0.25, -0.2) is 0 Å². The smallest absolute Gasteiger partial charge is 0.195 e. The molecule has 1 aliphatic heterocycles. The molecule has 0 amide bonds. The van der Waals surface area contributed by atoms with Crippen molar-refractivity contribution in [2.45, 2.75) is 90.2 Å². The Morgan fingerprint density at radius 2 is 1.40 bits per heavy atom.